The van der Waals surface area contributed by atoms with Gasteiger partial charge in [0.25, 0.3) is 5.56 Å². The number of rotatable bonds is 8. The van der Waals surface area contributed by atoms with E-state index in [1.54, 1.807) is 26.4 Å². The molecule has 6 nitrogen and oxygen atoms in total. The highest BCUT2D eigenvalue weighted by Gasteiger charge is 2.11. The van der Waals surface area contributed by atoms with Gasteiger partial charge in [0.1, 0.15) is 11.5 Å². The molecule has 1 aromatic heterocycles. The maximum atomic E-state index is 12.1. The summed E-state index contributed by atoms with van der Waals surface area (Å²) in [7, 11) is 3.22. The van der Waals surface area contributed by atoms with Crippen LogP contribution in [-0.2, 0) is 6.54 Å². The first-order chi connectivity index (χ1) is 11.6. The van der Waals surface area contributed by atoms with E-state index < -0.39 is 0 Å². The number of hydrogen-bond donors (Lipinski definition) is 1. The third kappa shape index (κ3) is 4.14. The van der Waals surface area contributed by atoms with Crippen LogP contribution in [0.5, 0.6) is 11.5 Å². The summed E-state index contributed by atoms with van der Waals surface area (Å²) in [6.07, 6.45) is 0. The van der Waals surface area contributed by atoms with E-state index in [1.165, 1.54) is 9.58 Å². The molecule has 0 saturated carbocycles. The van der Waals surface area contributed by atoms with Crippen LogP contribution in [0.4, 0.5) is 0 Å². The Morgan fingerprint density at radius 1 is 1.08 bits per heavy atom. The zero-order valence-electron chi connectivity index (χ0n) is 14.8. The van der Waals surface area contributed by atoms with Gasteiger partial charge in [-0.05, 0) is 32.0 Å². The Balaban J connectivity index is 2.32. The van der Waals surface area contributed by atoms with Crippen LogP contribution < -0.4 is 19.9 Å². The van der Waals surface area contributed by atoms with Crippen LogP contribution in [0.3, 0.4) is 0 Å². The Morgan fingerprint density at radius 3 is 2.46 bits per heavy atom. The van der Waals surface area contributed by atoms with Crippen LogP contribution in [0.2, 0.25) is 0 Å². The van der Waals surface area contributed by atoms with E-state index in [0.29, 0.717) is 23.7 Å². The second-order valence-corrected chi connectivity index (χ2v) is 5.55. The molecule has 0 bridgehead atoms. The first kappa shape index (κ1) is 18.0. The van der Waals surface area contributed by atoms with Crippen LogP contribution in [-0.4, -0.2) is 43.6 Å². The van der Waals surface area contributed by atoms with E-state index >= 15 is 0 Å². The molecule has 0 radical (unpaired) electrons. The second-order valence-electron chi connectivity index (χ2n) is 5.55. The molecule has 24 heavy (non-hydrogen) atoms. The van der Waals surface area contributed by atoms with Crippen molar-refractivity contribution in [3.63, 3.8) is 0 Å². The Hall–Kier alpha value is -2.34. The van der Waals surface area contributed by atoms with E-state index in [-0.39, 0.29) is 5.56 Å². The van der Waals surface area contributed by atoms with Gasteiger partial charge in [-0.1, -0.05) is 0 Å². The Morgan fingerprint density at radius 2 is 1.83 bits per heavy atom. The fourth-order valence-corrected chi connectivity index (χ4v) is 2.63. The maximum absolute atomic E-state index is 12.1. The van der Waals surface area contributed by atoms with Crippen molar-refractivity contribution in [3.05, 3.63) is 40.7 Å². The van der Waals surface area contributed by atoms with Crippen molar-refractivity contribution < 1.29 is 14.4 Å². The van der Waals surface area contributed by atoms with Crippen molar-refractivity contribution in [2.75, 3.05) is 33.9 Å². The lowest BCUT2D eigenvalue weighted by Gasteiger charge is -2.16. The van der Waals surface area contributed by atoms with Gasteiger partial charge < -0.3 is 14.4 Å². The molecule has 2 aromatic rings. The molecule has 130 valence electrons. The monoisotopic (exact) mass is 332 g/mol. The SMILES string of the molecule is CC[NH+](CC)CCn1nc(-c2ccc(OC)cc2OC)ccc1=O. The standard InChI is InChI=1S/C18H25N3O3/c1-5-20(6-2)11-12-21-18(22)10-9-16(19-21)15-8-7-14(23-3)13-17(15)24-4/h7-10,13H,5-6,11-12H2,1-4H3/p+1. The molecule has 1 heterocycles. The fourth-order valence-electron chi connectivity index (χ4n) is 2.63. The van der Waals surface area contributed by atoms with Crippen LogP contribution in [0.25, 0.3) is 11.3 Å². The van der Waals surface area contributed by atoms with Gasteiger partial charge in [-0.2, -0.15) is 5.10 Å². The van der Waals surface area contributed by atoms with Crippen molar-refractivity contribution in [1.82, 2.24) is 9.78 Å². The number of likely N-dealkylation sites (N-methyl/N-ethyl adjacent to an activating group) is 1. The summed E-state index contributed by atoms with van der Waals surface area (Å²) in [5.74, 6) is 1.38. The molecule has 0 aliphatic rings. The van der Waals surface area contributed by atoms with Crippen molar-refractivity contribution in [2.24, 2.45) is 0 Å². The number of methoxy groups -OCH3 is 2. The molecule has 0 unspecified atom stereocenters. The average Bonchev–Trinajstić information content (AvgIpc) is 2.63. The van der Waals surface area contributed by atoms with E-state index in [4.69, 9.17) is 9.47 Å². The Labute approximate surface area is 142 Å². The van der Waals surface area contributed by atoms with Gasteiger partial charge in [0.15, 0.2) is 0 Å². The third-order valence-electron chi connectivity index (χ3n) is 4.23. The van der Waals surface area contributed by atoms with Gasteiger partial charge in [0.2, 0.25) is 0 Å². The number of ether oxygens (including phenoxy) is 2. The lowest BCUT2D eigenvalue weighted by molar-refractivity contribution is -0.897. The highest BCUT2D eigenvalue weighted by atomic mass is 16.5. The third-order valence-corrected chi connectivity index (χ3v) is 4.23. The molecular formula is C18H26N3O3+. The highest BCUT2D eigenvalue weighted by molar-refractivity contribution is 5.68. The van der Waals surface area contributed by atoms with E-state index in [9.17, 15) is 4.79 Å². The minimum absolute atomic E-state index is 0.0854. The second kappa shape index (κ2) is 8.49. The number of hydrogen-bond acceptors (Lipinski definition) is 4. The molecule has 2 rings (SSSR count). The van der Waals surface area contributed by atoms with Crippen molar-refractivity contribution in [1.29, 1.82) is 0 Å². The molecule has 0 aliphatic carbocycles. The fraction of sp³-hybridized carbons (Fsp3) is 0.444. The highest BCUT2D eigenvalue weighted by Crippen LogP contribution is 2.31. The predicted molar refractivity (Wildman–Crippen MR) is 93.9 cm³/mol. The lowest BCUT2D eigenvalue weighted by atomic mass is 10.1. The van der Waals surface area contributed by atoms with Gasteiger partial charge >= 0.3 is 0 Å². The average molecular weight is 332 g/mol. The number of benzene rings is 1. The van der Waals surface area contributed by atoms with E-state index in [1.807, 2.05) is 18.2 Å². The zero-order valence-corrected chi connectivity index (χ0v) is 14.8. The van der Waals surface area contributed by atoms with Gasteiger partial charge in [-0.15, -0.1) is 0 Å². The first-order valence-corrected chi connectivity index (χ1v) is 8.27. The Kier molecular flexibility index (Phi) is 6.37. The summed E-state index contributed by atoms with van der Waals surface area (Å²) < 4.78 is 12.2. The minimum atomic E-state index is -0.0854. The van der Waals surface area contributed by atoms with Crippen LogP contribution >= 0.6 is 0 Å². The number of nitrogens with zero attached hydrogens (tertiary/aromatic N) is 2. The molecule has 1 aromatic carbocycles. The molecule has 6 heteroatoms. The van der Waals surface area contributed by atoms with Crippen molar-refractivity contribution in [3.8, 4) is 22.8 Å². The van der Waals surface area contributed by atoms with E-state index in [0.717, 1.165) is 25.2 Å². The molecule has 0 aliphatic heterocycles. The van der Waals surface area contributed by atoms with Crippen LogP contribution in [0, 0.1) is 0 Å². The molecule has 1 N–H and O–H groups in total. The normalized spacial score (nSPS) is 10.9. The summed E-state index contributed by atoms with van der Waals surface area (Å²) in [5, 5.41) is 4.52. The summed E-state index contributed by atoms with van der Waals surface area (Å²) in [6, 6.07) is 8.85. The van der Waals surface area contributed by atoms with Crippen molar-refractivity contribution >= 4 is 0 Å². The van der Waals surface area contributed by atoms with Gasteiger partial charge in [-0.25, -0.2) is 4.68 Å². The zero-order chi connectivity index (χ0) is 17.5. The number of aromatic nitrogens is 2. The Bertz CT molecular complexity index is 724. The maximum Gasteiger partial charge on any atom is 0.266 e. The summed E-state index contributed by atoms with van der Waals surface area (Å²) in [4.78, 5) is 13.5. The van der Waals surface area contributed by atoms with Gasteiger partial charge in [0, 0.05) is 17.7 Å². The molecule has 0 atom stereocenters. The summed E-state index contributed by atoms with van der Waals surface area (Å²) in [5.41, 5.74) is 1.46. The predicted octanol–water partition coefficient (Wildman–Crippen LogP) is 0.852. The van der Waals surface area contributed by atoms with Gasteiger partial charge in [0.05, 0.1) is 46.1 Å². The molecule has 0 amide bonds. The smallest absolute Gasteiger partial charge is 0.266 e. The molecule has 0 fully saturated rings. The topological polar surface area (TPSA) is 57.8 Å². The number of nitrogens with one attached hydrogen (secondary N) is 1. The largest absolute Gasteiger partial charge is 0.497 e. The quantitative estimate of drug-likeness (QED) is 0.779. The van der Waals surface area contributed by atoms with Gasteiger partial charge in [-0.3, -0.25) is 4.79 Å². The first-order valence-electron chi connectivity index (χ1n) is 8.27. The van der Waals surface area contributed by atoms with E-state index in [2.05, 4.69) is 18.9 Å². The molecule has 0 saturated heterocycles. The van der Waals surface area contributed by atoms with Crippen LogP contribution in [0.1, 0.15) is 13.8 Å². The molecular weight excluding hydrogens is 306 g/mol. The van der Waals surface area contributed by atoms with Crippen molar-refractivity contribution in [2.45, 2.75) is 20.4 Å². The molecule has 0 spiro atoms. The van der Waals surface area contributed by atoms with Crippen LogP contribution in [0.15, 0.2) is 35.1 Å². The number of quaternary nitrogens is 1. The minimum Gasteiger partial charge on any atom is -0.497 e. The lowest BCUT2D eigenvalue weighted by Crippen LogP contribution is -3.11. The summed E-state index contributed by atoms with van der Waals surface area (Å²) in [6.45, 7) is 7.85. The summed E-state index contributed by atoms with van der Waals surface area (Å²) >= 11 is 0.